The van der Waals surface area contributed by atoms with Crippen molar-refractivity contribution in [2.24, 2.45) is 0 Å². The highest BCUT2D eigenvalue weighted by Gasteiger charge is 1.97. The number of halogens is 1. The zero-order chi connectivity index (χ0) is 9.40. The maximum atomic E-state index is 9.19. The number of rotatable bonds is 5. The van der Waals surface area contributed by atoms with Gasteiger partial charge in [-0.1, -0.05) is 11.5 Å². The smallest absolute Gasteiger partial charge is 0.115 e. The zero-order valence-corrected chi connectivity index (χ0v) is 9.02. The third kappa shape index (κ3) is 7.84. The van der Waals surface area contributed by atoms with Crippen LogP contribution in [0.4, 0.5) is 0 Å². The molecule has 1 N–H and O–H groups in total. The molecule has 0 amide bonds. The van der Waals surface area contributed by atoms with E-state index in [0.29, 0.717) is 0 Å². The summed E-state index contributed by atoms with van der Waals surface area (Å²) in [6.45, 7) is 5.83. The fourth-order valence-corrected chi connectivity index (χ4v) is 1.16. The molecular formula is C10H15BrO. The summed E-state index contributed by atoms with van der Waals surface area (Å²) in [5.41, 5.74) is 1.20. The molecule has 0 rings (SSSR count). The zero-order valence-electron chi connectivity index (χ0n) is 7.44. The summed E-state index contributed by atoms with van der Waals surface area (Å²) in [5.74, 6) is 2.63. The van der Waals surface area contributed by atoms with Crippen molar-refractivity contribution in [2.45, 2.75) is 38.7 Å². The molecule has 2 heteroatoms. The van der Waals surface area contributed by atoms with Gasteiger partial charge in [0.05, 0.1) is 0 Å². The van der Waals surface area contributed by atoms with E-state index >= 15 is 0 Å². The average molecular weight is 231 g/mol. The van der Waals surface area contributed by atoms with Crippen molar-refractivity contribution in [3.05, 3.63) is 12.2 Å². The van der Waals surface area contributed by atoms with E-state index in [1.807, 2.05) is 6.92 Å². The second-order valence-electron chi connectivity index (χ2n) is 2.96. The van der Waals surface area contributed by atoms with Crippen molar-refractivity contribution in [1.29, 1.82) is 0 Å². The summed E-state index contributed by atoms with van der Waals surface area (Å²) < 4.78 is 0. The van der Waals surface area contributed by atoms with Gasteiger partial charge < -0.3 is 5.11 Å². The Morgan fingerprint density at radius 3 is 2.75 bits per heavy atom. The lowest BCUT2D eigenvalue weighted by Gasteiger charge is -2.02. The number of aliphatic hydroxyl groups is 1. The molecule has 0 bridgehead atoms. The van der Waals surface area contributed by atoms with E-state index in [-0.39, 0.29) is 0 Å². The van der Waals surface area contributed by atoms with Gasteiger partial charge in [0, 0.05) is 15.9 Å². The highest BCUT2D eigenvalue weighted by atomic mass is 79.9. The van der Waals surface area contributed by atoms with Gasteiger partial charge >= 0.3 is 0 Å². The van der Waals surface area contributed by atoms with Gasteiger partial charge in [-0.2, -0.15) is 0 Å². The Bertz CT molecular complexity index is 188. The molecule has 0 saturated carbocycles. The second kappa shape index (κ2) is 7.39. The average Bonchev–Trinajstić information content (AvgIpc) is 1.98. The summed E-state index contributed by atoms with van der Waals surface area (Å²) in [6.07, 6.45) is 3.43. The Hall–Kier alpha value is -0.260. The summed E-state index contributed by atoms with van der Waals surface area (Å²) in [7, 11) is 0. The molecule has 0 aromatic rings. The second-order valence-corrected chi connectivity index (χ2v) is 3.35. The molecule has 0 aromatic carbocycles. The lowest BCUT2D eigenvalue weighted by atomic mass is 10.1. The minimum atomic E-state index is -0.477. The van der Waals surface area contributed by atoms with Crippen LogP contribution in [0.5, 0.6) is 0 Å². The predicted molar refractivity (Wildman–Crippen MR) is 56.0 cm³/mol. The van der Waals surface area contributed by atoms with Gasteiger partial charge in [0.2, 0.25) is 0 Å². The first-order valence-corrected chi connectivity index (χ1v) is 4.89. The van der Waals surface area contributed by atoms with Gasteiger partial charge in [0.15, 0.2) is 0 Å². The van der Waals surface area contributed by atoms with Crippen LogP contribution in [0.3, 0.4) is 0 Å². The standard InChI is InChI=1S/C10H15BrO/c1-9(2)5-3-4-6-10(12)7-8-11/h10,12H,1,3-6H2,2H3. The summed E-state index contributed by atoms with van der Waals surface area (Å²) in [6, 6.07) is 0. The molecule has 1 nitrogen and oxygen atoms in total. The molecule has 1 unspecified atom stereocenters. The van der Waals surface area contributed by atoms with Gasteiger partial charge in [0.25, 0.3) is 0 Å². The molecule has 0 aromatic heterocycles. The van der Waals surface area contributed by atoms with Crippen molar-refractivity contribution in [3.63, 3.8) is 0 Å². The molecule has 0 heterocycles. The van der Waals surface area contributed by atoms with Crippen molar-refractivity contribution in [2.75, 3.05) is 0 Å². The van der Waals surface area contributed by atoms with Crippen LogP contribution in [0, 0.1) is 10.8 Å². The fourth-order valence-electron chi connectivity index (χ4n) is 0.900. The summed E-state index contributed by atoms with van der Waals surface area (Å²) in [4.78, 5) is 2.51. The molecule has 0 aliphatic carbocycles. The molecule has 68 valence electrons. The molecule has 0 aliphatic rings. The molecule has 0 spiro atoms. The molecule has 0 radical (unpaired) electrons. The normalized spacial score (nSPS) is 11.6. The Labute approximate surface area is 83.0 Å². The molecule has 1 atom stereocenters. The largest absolute Gasteiger partial charge is 0.380 e. The summed E-state index contributed by atoms with van der Waals surface area (Å²) >= 11 is 2.95. The predicted octanol–water partition coefficient (Wildman–Crippen LogP) is 2.84. The molecular weight excluding hydrogens is 216 g/mol. The van der Waals surface area contributed by atoms with Crippen molar-refractivity contribution in [3.8, 4) is 10.8 Å². The van der Waals surface area contributed by atoms with Crippen LogP contribution < -0.4 is 0 Å². The lowest BCUT2D eigenvalue weighted by molar-refractivity contribution is 0.218. The van der Waals surface area contributed by atoms with E-state index in [0.717, 1.165) is 25.7 Å². The maximum absolute atomic E-state index is 9.19. The van der Waals surface area contributed by atoms with E-state index in [9.17, 15) is 5.11 Å². The van der Waals surface area contributed by atoms with E-state index in [1.54, 1.807) is 0 Å². The number of aliphatic hydroxyl groups excluding tert-OH is 1. The molecule has 0 fully saturated rings. The number of hydrogen-bond acceptors (Lipinski definition) is 1. The van der Waals surface area contributed by atoms with Crippen molar-refractivity contribution < 1.29 is 5.11 Å². The van der Waals surface area contributed by atoms with Crippen LogP contribution in [0.15, 0.2) is 12.2 Å². The van der Waals surface area contributed by atoms with Gasteiger partial charge in [-0.25, -0.2) is 0 Å². The van der Waals surface area contributed by atoms with Crippen molar-refractivity contribution >= 4 is 15.9 Å². The number of unbranched alkanes of at least 4 members (excludes halogenated alkanes) is 1. The Morgan fingerprint density at radius 2 is 2.25 bits per heavy atom. The highest BCUT2D eigenvalue weighted by Crippen LogP contribution is 2.07. The van der Waals surface area contributed by atoms with Gasteiger partial charge in [-0.15, -0.1) is 6.58 Å². The fraction of sp³-hybridized carbons (Fsp3) is 0.600. The third-order valence-electron chi connectivity index (χ3n) is 1.55. The van der Waals surface area contributed by atoms with Gasteiger partial charge in [-0.05, 0) is 37.4 Å². The van der Waals surface area contributed by atoms with Gasteiger partial charge in [-0.3, -0.25) is 0 Å². The first-order chi connectivity index (χ1) is 5.66. The minimum Gasteiger partial charge on any atom is -0.380 e. The highest BCUT2D eigenvalue weighted by molar-refractivity contribution is 9.12. The van der Waals surface area contributed by atoms with Crippen LogP contribution in [0.25, 0.3) is 0 Å². The first kappa shape index (κ1) is 11.7. The number of hydrogen-bond donors (Lipinski definition) is 1. The Kier molecular flexibility index (Phi) is 7.23. The quantitative estimate of drug-likeness (QED) is 0.438. The summed E-state index contributed by atoms with van der Waals surface area (Å²) in [5, 5.41) is 9.19. The molecule has 12 heavy (non-hydrogen) atoms. The van der Waals surface area contributed by atoms with Crippen molar-refractivity contribution in [1.82, 2.24) is 0 Å². The SMILES string of the molecule is C=C(C)CCCCC(O)C#CBr. The molecule has 0 aliphatic heterocycles. The van der Waals surface area contributed by atoms with E-state index < -0.39 is 6.10 Å². The Balaban J connectivity index is 3.29. The topological polar surface area (TPSA) is 20.2 Å². The first-order valence-electron chi connectivity index (χ1n) is 4.10. The lowest BCUT2D eigenvalue weighted by Crippen LogP contribution is -2.01. The minimum absolute atomic E-state index is 0.477. The van der Waals surface area contributed by atoms with E-state index in [1.165, 1.54) is 5.57 Å². The monoisotopic (exact) mass is 230 g/mol. The van der Waals surface area contributed by atoms with E-state index in [2.05, 4.69) is 33.3 Å². The van der Waals surface area contributed by atoms with Crippen LogP contribution in [0.1, 0.15) is 32.6 Å². The molecule has 0 saturated heterocycles. The van der Waals surface area contributed by atoms with E-state index in [4.69, 9.17) is 0 Å². The van der Waals surface area contributed by atoms with Crippen LogP contribution in [-0.2, 0) is 0 Å². The Morgan fingerprint density at radius 1 is 1.58 bits per heavy atom. The number of allylic oxidation sites excluding steroid dienone is 1. The van der Waals surface area contributed by atoms with Crippen LogP contribution in [-0.4, -0.2) is 11.2 Å². The maximum Gasteiger partial charge on any atom is 0.115 e. The van der Waals surface area contributed by atoms with Crippen LogP contribution in [0.2, 0.25) is 0 Å². The van der Waals surface area contributed by atoms with Gasteiger partial charge in [0.1, 0.15) is 6.10 Å². The third-order valence-corrected chi connectivity index (χ3v) is 1.78. The van der Waals surface area contributed by atoms with Crippen LogP contribution >= 0.6 is 15.9 Å².